The third kappa shape index (κ3) is 5.52. The van der Waals surface area contributed by atoms with Gasteiger partial charge in [-0.05, 0) is 17.9 Å². The molecule has 21 heavy (non-hydrogen) atoms. The van der Waals surface area contributed by atoms with Crippen molar-refractivity contribution < 1.29 is 4.79 Å². The monoisotopic (exact) mass is 320 g/mol. The number of hydrogen-bond donors (Lipinski definition) is 1. The average molecular weight is 320 g/mol. The van der Waals surface area contributed by atoms with Crippen LogP contribution in [0.5, 0.6) is 0 Å². The first-order valence-electron chi connectivity index (χ1n) is 7.01. The van der Waals surface area contributed by atoms with Gasteiger partial charge in [0.05, 0.1) is 11.8 Å². The Morgan fingerprint density at radius 2 is 2.10 bits per heavy atom. The standard InChI is InChI=1S/C16H20N2OS2/c1-12(2)10-14(13-6-4-3-5-7-13)18-15(19)11-21-16-17-8-9-20-16/h3-9,12,14H,10-11H2,1-2H3,(H,18,19). The van der Waals surface area contributed by atoms with E-state index in [-0.39, 0.29) is 11.9 Å². The zero-order valence-corrected chi connectivity index (χ0v) is 13.9. The molecule has 1 heterocycles. The van der Waals surface area contributed by atoms with Crippen molar-refractivity contribution >= 4 is 29.0 Å². The number of thiazole rings is 1. The highest BCUT2D eigenvalue weighted by molar-refractivity contribution is 8.01. The molecular weight excluding hydrogens is 300 g/mol. The lowest BCUT2D eigenvalue weighted by Gasteiger charge is -2.21. The number of hydrogen-bond acceptors (Lipinski definition) is 4. The molecule has 2 rings (SSSR count). The summed E-state index contributed by atoms with van der Waals surface area (Å²) in [5.41, 5.74) is 1.17. The Labute approximate surface area is 134 Å². The van der Waals surface area contributed by atoms with Gasteiger partial charge in [0.1, 0.15) is 4.34 Å². The molecule has 0 radical (unpaired) electrons. The first-order valence-corrected chi connectivity index (χ1v) is 8.88. The Hall–Kier alpha value is -1.33. The largest absolute Gasteiger partial charge is 0.349 e. The predicted molar refractivity (Wildman–Crippen MR) is 89.6 cm³/mol. The first kappa shape index (κ1) is 16.0. The molecule has 5 heteroatoms. The van der Waals surface area contributed by atoms with Gasteiger partial charge in [-0.2, -0.15) is 0 Å². The van der Waals surface area contributed by atoms with E-state index in [4.69, 9.17) is 0 Å². The number of rotatable bonds is 7. The van der Waals surface area contributed by atoms with E-state index in [1.54, 1.807) is 17.5 Å². The van der Waals surface area contributed by atoms with Gasteiger partial charge in [0.2, 0.25) is 5.91 Å². The zero-order valence-electron chi connectivity index (χ0n) is 12.3. The molecule has 1 atom stereocenters. The normalized spacial score (nSPS) is 12.3. The summed E-state index contributed by atoms with van der Waals surface area (Å²) in [6, 6.07) is 10.2. The quantitative estimate of drug-likeness (QED) is 0.780. The smallest absolute Gasteiger partial charge is 0.230 e. The summed E-state index contributed by atoms with van der Waals surface area (Å²) in [6.07, 6.45) is 2.70. The van der Waals surface area contributed by atoms with E-state index in [1.807, 2.05) is 23.6 Å². The van der Waals surface area contributed by atoms with E-state index >= 15 is 0 Å². The van der Waals surface area contributed by atoms with Crippen LogP contribution in [-0.2, 0) is 4.79 Å². The van der Waals surface area contributed by atoms with Crippen molar-refractivity contribution in [2.24, 2.45) is 5.92 Å². The minimum Gasteiger partial charge on any atom is -0.349 e. The van der Waals surface area contributed by atoms with Crippen LogP contribution in [0.15, 0.2) is 46.2 Å². The summed E-state index contributed by atoms with van der Waals surface area (Å²) in [7, 11) is 0. The van der Waals surface area contributed by atoms with Crippen molar-refractivity contribution in [2.75, 3.05) is 5.75 Å². The SMILES string of the molecule is CC(C)CC(NC(=O)CSc1nccs1)c1ccccc1. The lowest BCUT2D eigenvalue weighted by Crippen LogP contribution is -2.30. The van der Waals surface area contributed by atoms with Crippen LogP contribution in [0, 0.1) is 5.92 Å². The molecule has 2 aromatic rings. The van der Waals surface area contributed by atoms with Crippen LogP contribution in [0.3, 0.4) is 0 Å². The second kappa shape index (κ2) is 8.20. The van der Waals surface area contributed by atoms with Crippen molar-refractivity contribution in [3.8, 4) is 0 Å². The summed E-state index contributed by atoms with van der Waals surface area (Å²) in [4.78, 5) is 16.3. The molecule has 3 nitrogen and oxygen atoms in total. The Balaban J connectivity index is 1.93. The van der Waals surface area contributed by atoms with E-state index in [0.29, 0.717) is 11.7 Å². The van der Waals surface area contributed by atoms with Crippen LogP contribution >= 0.6 is 23.1 Å². The van der Waals surface area contributed by atoms with Gasteiger partial charge in [-0.25, -0.2) is 4.98 Å². The van der Waals surface area contributed by atoms with E-state index in [2.05, 4.69) is 36.3 Å². The maximum absolute atomic E-state index is 12.1. The lowest BCUT2D eigenvalue weighted by molar-refractivity contribution is -0.119. The molecule has 0 saturated carbocycles. The van der Waals surface area contributed by atoms with E-state index in [9.17, 15) is 4.79 Å². The molecule has 0 bridgehead atoms. The Morgan fingerprint density at radius 1 is 1.33 bits per heavy atom. The minimum atomic E-state index is 0.0599. The molecular formula is C16H20N2OS2. The highest BCUT2D eigenvalue weighted by Gasteiger charge is 2.16. The fourth-order valence-corrected chi connectivity index (χ4v) is 3.53. The number of carbonyl (C=O) groups excluding carboxylic acids is 1. The number of benzene rings is 1. The highest BCUT2D eigenvalue weighted by atomic mass is 32.2. The molecule has 1 N–H and O–H groups in total. The lowest BCUT2D eigenvalue weighted by atomic mass is 9.97. The second-order valence-electron chi connectivity index (χ2n) is 5.25. The van der Waals surface area contributed by atoms with Gasteiger partial charge in [-0.1, -0.05) is 55.9 Å². The summed E-state index contributed by atoms with van der Waals surface area (Å²) in [5.74, 6) is 1.00. The third-order valence-electron chi connectivity index (χ3n) is 2.98. The van der Waals surface area contributed by atoms with Crippen molar-refractivity contribution in [3.05, 3.63) is 47.5 Å². The molecule has 112 valence electrons. The summed E-state index contributed by atoms with van der Waals surface area (Å²) < 4.78 is 0.935. The Kier molecular flexibility index (Phi) is 6.26. The van der Waals surface area contributed by atoms with Gasteiger partial charge < -0.3 is 5.32 Å². The predicted octanol–water partition coefficient (Wildman–Crippen LogP) is 4.14. The maximum atomic E-state index is 12.1. The van der Waals surface area contributed by atoms with Crippen LogP contribution in [0.4, 0.5) is 0 Å². The number of amides is 1. The van der Waals surface area contributed by atoms with Crippen LogP contribution < -0.4 is 5.32 Å². The molecule has 0 spiro atoms. The Morgan fingerprint density at radius 3 is 2.71 bits per heavy atom. The second-order valence-corrected chi connectivity index (χ2v) is 7.36. The number of nitrogens with zero attached hydrogens (tertiary/aromatic N) is 1. The fourth-order valence-electron chi connectivity index (χ4n) is 2.08. The van der Waals surface area contributed by atoms with Crippen molar-refractivity contribution in [1.82, 2.24) is 10.3 Å². The molecule has 0 aliphatic rings. The maximum Gasteiger partial charge on any atom is 0.230 e. The van der Waals surface area contributed by atoms with Crippen LogP contribution in [-0.4, -0.2) is 16.6 Å². The number of nitrogens with one attached hydrogen (secondary N) is 1. The summed E-state index contributed by atoms with van der Waals surface area (Å²) >= 11 is 3.05. The molecule has 0 aliphatic heterocycles. The molecule has 1 aromatic carbocycles. The molecule has 0 aliphatic carbocycles. The Bertz CT molecular complexity index is 541. The van der Waals surface area contributed by atoms with Gasteiger partial charge in [0, 0.05) is 11.6 Å². The van der Waals surface area contributed by atoms with E-state index < -0.39 is 0 Å². The third-order valence-corrected chi connectivity index (χ3v) is 4.95. The topological polar surface area (TPSA) is 42.0 Å². The number of thioether (sulfide) groups is 1. The molecule has 0 saturated heterocycles. The van der Waals surface area contributed by atoms with Gasteiger partial charge in [-0.3, -0.25) is 4.79 Å². The summed E-state index contributed by atoms with van der Waals surface area (Å²) in [6.45, 7) is 4.35. The van der Waals surface area contributed by atoms with Gasteiger partial charge in [0.25, 0.3) is 0 Å². The summed E-state index contributed by atoms with van der Waals surface area (Å²) in [5, 5.41) is 5.07. The van der Waals surface area contributed by atoms with Crippen LogP contribution in [0.2, 0.25) is 0 Å². The van der Waals surface area contributed by atoms with Crippen LogP contribution in [0.25, 0.3) is 0 Å². The zero-order chi connectivity index (χ0) is 15.1. The first-order chi connectivity index (χ1) is 10.1. The fraction of sp³-hybridized carbons (Fsp3) is 0.375. The minimum absolute atomic E-state index is 0.0599. The average Bonchev–Trinajstić information content (AvgIpc) is 2.98. The number of aromatic nitrogens is 1. The molecule has 1 unspecified atom stereocenters. The molecule has 1 aromatic heterocycles. The van der Waals surface area contributed by atoms with Crippen molar-refractivity contribution in [3.63, 3.8) is 0 Å². The van der Waals surface area contributed by atoms with Gasteiger partial charge in [0.15, 0.2) is 0 Å². The number of carbonyl (C=O) groups is 1. The van der Waals surface area contributed by atoms with Crippen LogP contribution in [0.1, 0.15) is 31.9 Å². The van der Waals surface area contributed by atoms with E-state index in [1.165, 1.54) is 17.3 Å². The highest BCUT2D eigenvalue weighted by Crippen LogP contribution is 2.23. The van der Waals surface area contributed by atoms with Crippen molar-refractivity contribution in [1.29, 1.82) is 0 Å². The molecule has 1 amide bonds. The van der Waals surface area contributed by atoms with E-state index in [0.717, 1.165) is 10.8 Å². The van der Waals surface area contributed by atoms with Gasteiger partial charge >= 0.3 is 0 Å². The molecule has 0 fully saturated rings. The van der Waals surface area contributed by atoms with Gasteiger partial charge in [-0.15, -0.1) is 11.3 Å². The van der Waals surface area contributed by atoms with Crippen molar-refractivity contribution in [2.45, 2.75) is 30.6 Å².